The van der Waals surface area contributed by atoms with Crippen LogP contribution in [0.25, 0.3) is 0 Å². The topological polar surface area (TPSA) is 0 Å². The molecule has 1 aromatic rings. The fourth-order valence-electron chi connectivity index (χ4n) is 1.38. The molecule has 0 radical (unpaired) electrons. The van der Waals surface area contributed by atoms with E-state index in [0.29, 0.717) is 0 Å². The number of hydrogen-bond acceptors (Lipinski definition) is 0. The Bertz CT molecular complexity index is 290. The van der Waals surface area contributed by atoms with Crippen LogP contribution in [0.1, 0.15) is 32.3 Å². The first-order valence-corrected chi connectivity index (χ1v) is 5.71. The van der Waals surface area contributed by atoms with Crippen LogP contribution < -0.4 is 9.41 Å². The minimum absolute atomic E-state index is 0. The Hall–Kier alpha value is -0.427. The van der Waals surface area contributed by atoms with Crippen LogP contribution in [-0.2, 0) is 32.6 Å². The summed E-state index contributed by atoms with van der Waals surface area (Å²) in [5, 5.41) is 0. The van der Waals surface area contributed by atoms with E-state index in [0.717, 1.165) is 12.3 Å². The first kappa shape index (κ1) is 22.7. The number of rotatable bonds is 3. The fourth-order valence-corrected chi connectivity index (χ4v) is 1.38. The predicted molar refractivity (Wildman–Crippen MR) is 66.8 cm³/mol. The van der Waals surface area contributed by atoms with Crippen molar-refractivity contribution in [3.8, 4) is 0 Å². The zero-order valence-corrected chi connectivity index (χ0v) is 13.5. The minimum atomic E-state index is 0. The van der Waals surface area contributed by atoms with Crippen LogP contribution in [0.2, 0.25) is 0 Å². The molecule has 0 saturated carbocycles. The Morgan fingerprint density at radius 2 is 1.78 bits per heavy atom. The molecule has 0 bridgehead atoms. The molecule has 0 spiro atoms. The molecule has 0 saturated heterocycles. The average molecular weight is 330 g/mol. The predicted octanol–water partition coefficient (Wildman–Crippen LogP) is -1.69. The van der Waals surface area contributed by atoms with Gasteiger partial charge in [0.2, 0.25) is 0 Å². The standard InChI is InChI=1S/C10H15.C5H5.2FH.Zr/c1-9(2)7-8-10-5-3-4-6-10;1-2-4-5-3-1;;;/h3-6,9H,7-8H2,1-2H3;1-3H,4H2;2*1H;/q2*-1;;;+4/p-2. The Labute approximate surface area is 128 Å². The van der Waals surface area contributed by atoms with E-state index >= 15 is 0 Å². The molecule has 1 aliphatic carbocycles. The molecule has 0 aliphatic heterocycles. The van der Waals surface area contributed by atoms with Gasteiger partial charge in [-0.25, -0.2) is 24.3 Å². The molecular weight excluding hydrogens is 309 g/mol. The van der Waals surface area contributed by atoms with Gasteiger partial charge in [0, 0.05) is 0 Å². The third kappa shape index (κ3) is 12.0. The largest absolute Gasteiger partial charge is 4.00 e. The maximum absolute atomic E-state index is 2.99. The van der Waals surface area contributed by atoms with Crippen molar-refractivity contribution >= 4 is 0 Å². The summed E-state index contributed by atoms with van der Waals surface area (Å²) >= 11 is 0. The number of allylic oxidation sites excluding steroid dienone is 4. The molecule has 1 aromatic carbocycles. The van der Waals surface area contributed by atoms with Gasteiger partial charge in [0.1, 0.15) is 0 Å². The van der Waals surface area contributed by atoms with Gasteiger partial charge in [0.05, 0.1) is 0 Å². The summed E-state index contributed by atoms with van der Waals surface area (Å²) in [4.78, 5) is 0. The van der Waals surface area contributed by atoms with Gasteiger partial charge in [0.25, 0.3) is 0 Å². The van der Waals surface area contributed by atoms with Crippen molar-refractivity contribution in [3.63, 3.8) is 0 Å². The Kier molecular flexibility index (Phi) is 18.5. The summed E-state index contributed by atoms with van der Waals surface area (Å²) in [6.07, 6.45) is 12.6. The third-order valence-electron chi connectivity index (χ3n) is 2.33. The molecule has 18 heavy (non-hydrogen) atoms. The maximum Gasteiger partial charge on any atom is 4.00 e. The second kappa shape index (κ2) is 14.6. The molecule has 0 nitrogen and oxygen atoms in total. The van der Waals surface area contributed by atoms with Gasteiger partial charge in [-0.3, -0.25) is 6.08 Å². The normalized spacial score (nSPS) is 10.8. The molecule has 2 rings (SSSR count). The number of halogens is 2. The summed E-state index contributed by atoms with van der Waals surface area (Å²) in [5.41, 5.74) is 1.48. The van der Waals surface area contributed by atoms with Crippen LogP contribution in [0.15, 0.2) is 42.5 Å². The van der Waals surface area contributed by atoms with Gasteiger partial charge >= 0.3 is 26.2 Å². The van der Waals surface area contributed by atoms with E-state index in [1.807, 2.05) is 12.2 Å². The zero-order chi connectivity index (χ0) is 10.9. The van der Waals surface area contributed by atoms with E-state index in [4.69, 9.17) is 0 Å². The molecule has 0 atom stereocenters. The van der Waals surface area contributed by atoms with E-state index in [9.17, 15) is 0 Å². The van der Waals surface area contributed by atoms with E-state index in [2.05, 4.69) is 50.3 Å². The van der Waals surface area contributed by atoms with Crippen molar-refractivity contribution in [2.45, 2.75) is 33.1 Å². The van der Waals surface area contributed by atoms with Crippen molar-refractivity contribution in [1.29, 1.82) is 0 Å². The molecular formula is C15H20F2Zr. The quantitative estimate of drug-likeness (QED) is 0.581. The van der Waals surface area contributed by atoms with Crippen molar-refractivity contribution in [2.24, 2.45) is 5.92 Å². The first-order chi connectivity index (χ1) is 7.29. The van der Waals surface area contributed by atoms with Gasteiger partial charge in [0.15, 0.2) is 0 Å². The van der Waals surface area contributed by atoms with Gasteiger partial charge in [-0.15, -0.1) is 6.42 Å². The summed E-state index contributed by atoms with van der Waals surface area (Å²) in [7, 11) is 0. The summed E-state index contributed by atoms with van der Waals surface area (Å²) in [5.74, 6) is 0.829. The molecule has 1 aliphatic rings. The van der Waals surface area contributed by atoms with Crippen molar-refractivity contribution in [3.05, 3.63) is 54.1 Å². The summed E-state index contributed by atoms with van der Waals surface area (Å²) in [6.45, 7) is 4.53. The molecule has 0 amide bonds. The molecule has 0 fully saturated rings. The van der Waals surface area contributed by atoms with Crippen molar-refractivity contribution in [2.75, 3.05) is 0 Å². The van der Waals surface area contributed by atoms with Gasteiger partial charge in [-0.2, -0.15) is 23.8 Å². The van der Waals surface area contributed by atoms with Gasteiger partial charge in [-0.05, 0) is 5.92 Å². The van der Waals surface area contributed by atoms with Crippen molar-refractivity contribution in [1.82, 2.24) is 0 Å². The van der Waals surface area contributed by atoms with Crippen LogP contribution in [0.5, 0.6) is 0 Å². The SMILES string of the molecule is CC(C)CC[c-]1cccc1.[C-]1=CC=CC1.[F-].[F-].[Zr+4]. The van der Waals surface area contributed by atoms with Crippen LogP contribution >= 0.6 is 0 Å². The van der Waals surface area contributed by atoms with E-state index < -0.39 is 0 Å². The minimum Gasteiger partial charge on any atom is -1.00 e. The monoisotopic (exact) mass is 328 g/mol. The Morgan fingerprint density at radius 1 is 1.17 bits per heavy atom. The summed E-state index contributed by atoms with van der Waals surface area (Å²) < 4.78 is 0. The van der Waals surface area contributed by atoms with Crippen LogP contribution in [0, 0.1) is 12.0 Å². The van der Waals surface area contributed by atoms with Crippen molar-refractivity contribution < 1.29 is 35.6 Å². The molecule has 3 heteroatoms. The zero-order valence-electron chi connectivity index (χ0n) is 11.0. The average Bonchev–Trinajstić information content (AvgIpc) is 2.91. The summed E-state index contributed by atoms with van der Waals surface area (Å²) in [6, 6.07) is 8.61. The second-order valence-corrected chi connectivity index (χ2v) is 4.23. The molecule has 0 aromatic heterocycles. The van der Waals surface area contributed by atoms with Crippen LogP contribution in [0.3, 0.4) is 0 Å². The first-order valence-electron chi connectivity index (χ1n) is 5.71. The molecule has 98 valence electrons. The molecule has 0 heterocycles. The van der Waals surface area contributed by atoms with E-state index in [-0.39, 0.29) is 35.6 Å². The van der Waals surface area contributed by atoms with Crippen LogP contribution in [0.4, 0.5) is 0 Å². The van der Waals surface area contributed by atoms with E-state index in [1.165, 1.54) is 18.4 Å². The fraction of sp³-hybridized carbons (Fsp3) is 0.400. The van der Waals surface area contributed by atoms with E-state index in [1.54, 1.807) is 0 Å². The number of aryl methyl sites for hydroxylation is 1. The molecule has 0 N–H and O–H groups in total. The van der Waals surface area contributed by atoms with Gasteiger partial charge < -0.3 is 9.41 Å². The Balaban J connectivity index is -0.000000245. The number of hydrogen-bond donors (Lipinski definition) is 0. The third-order valence-corrected chi connectivity index (χ3v) is 2.33. The maximum atomic E-state index is 2.99. The second-order valence-electron chi connectivity index (χ2n) is 4.23. The molecule has 0 unspecified atom stereocenters. The smallest absolute Gasteiger partial charge is 1.00 e. The van der Waals surface area contributed by atoms with Gasteiger partial charge in [-0.1, -0.05) is 26.7 Å². The Morgan fingerprint density at radius 3 is 2.11 bits per heavy atom. The van der Waals surface area contributed by atoms with Crippen LogP contribution in [-0.4, -0.2) is 0 Å².